The maximum absolute atomic E-state index is 13.8. The lowest BCUT2D eigenvalue weighted by atomic mass is 9.98. The molecule has 0 bridgehead atoms. The van der Waals surface area contributed by atoms with Gasteiger partial charge in [0.2, 0.25) is 0 Å². The van der Waals surface area contributed by atoms with Crippen LogP contribution < -0.4 is 5.32 Å². The van der Waals surface area contributed by atoms with Gasteiger partial charge >= 0.3 is 6.09 Å². The lowest BCUT2D eigenvalue weighted by molar-refractivity contribution is 0.0635. The van der Waals surface area contributed by atoms with Crippen LogP contribution in [0.4, 0.5) is 14.9 Å². The molecule has 1 saturated heterocycles. The molecule has 2 fully saturated rings. The number of ether oxygens (including phenoxy) is 1. The quantitative estimate of drug-likeness (QED) is 0.462. The van der Waals surface area contributed by atoms with Crippen LogP contribution >= 0.6 is 0 Å². The third-order valence-corrected chi connectivity index (χ3v) is 6.37. The summed E-state index contributed by atoms with van der Waals surface area (Å²) in [4.78, 5) is 27.7. The highest BCUT2D eigenvalue weighted by atomic mass is 19.1. The van der Waals surface area contributed by atoms with Gasteiger partial charge in [-0.3, -0.25) is 10.1 Å². The van der Waals surface area contributed by atoms with Crippen molar-refractivity contribution < 1.29 is 18.7 Å². The van der Waals surface area contributed by atoms with Gasteiger partial charge in [-0.15, -0.1) is 0 Å². The van der Waals surface area contributed by atoms with Crippen LogP contribution in [-0.4, -0.2) is 42.0 Å². The summed E-state index contributed by atoms with van der Waals surface area (Å²) in [7, 11) is 0. The first-order valence-corrected chi connectivity index (χ1v) is 12.5. The minimum atomic E-state index is -0.687. The summed E-state index contributed by atoms with van der Waals surface area (Å²) in [5.41, 5.74) is 3.23. The Morgan fingerprint density at radius 1 is 1.09 bits per heavy atom. The first-order valence-electron chi connectivity index (χ1n) is 12.5. The molecule has 1 aliphatic carbocycles. The van der Waals surface area contributed by atoms with Crippen molar-refractivity contribution in [1.82, 2.24) is 4.90 Å². The number of rotatable bonds is 7. The summed E-state index contributed by atoms with van der Waals surface area (Å²) in [6.45, 7) is 8.78. The normalized spacial score (nSPS) is 16.6. The molecule has 0 spiro atoms. The van der Waals surface area contributed by atoms with Crippen LogP contribution in [0.25, 0.3) is 6.08 Å². The van der Waals surface area contributed by atoms with Crippen molar-refractivity contribution >= 4 is 23.6 Å². The summed E-state index contributed by atoms with van der Waals surface area (Å²) in [6, 6.07) is 11.6. The predicted molar refractivity (Wildman–Crippen MR) is 137 cm³/mol. The number of ketones is 1. The van der Waals surface area contributed by atoms with Crippen molar-refractivity contribution in [2.24, 2.45) is 5.92 Å². The predicted octanol–water partition coefficient (Wildman–Crippen LogP) is 6.49. The van der Waals surface area contributed by atoms with Gasteiger partial charge in [0.25, 0.3) is 0 Å². The monoisotopic (exact) mass is 478 g/mol. The average Bonchev–Trinajstić information content (AvgIpc) is 3.60. The molecule has 1 heterocycles. The highest BCUT2D eigenvalue weighted by Gasteiger charge is 2.25. The number of carbonyl (C=O) groups excluding carboxylic acids is 2. The molecular weight excluding hydrogens is 443 g/mol. The highest BCUT2D eigenvalue weighted by molar-refractivity contribution is 5.99. The van der Waals surface area contributed by atoms with Crippen LogP contribution in [0.1, 0.15) is 67.9 Å². The molecule has 0 unspecified atom stereocenters. The van der Waals surface area contributed by atoms with Gasteiger partial charge in [-0.05, 0) is 75.6 Å². The summed E-state index contributed by atoms with van der Waals surface area (Å²) < 4.78 is 19.1. The molecule has 186 valence electrons. The number of nitrogens with one attached hydrogen (secondary N) is 1. The van der Waals surface area contributed by atoms with Crippen LogP contribution in [0.3, 0.4) is 0 Å². The second kappa shape index (κ2) is 10.7. The second-order valence-electron chi connectivity index (χ2n) is 10.7. The maximum atomic E-state index is 13.8. The summed E-state index contributed by atoms with van der Waals surface area (Å²) >= 11 is 0. The molecule has 1 aliphatic heterocycles. The summed E-state index contributed by atoms with van der Waals surface area (Å²) in [5, 5.41) is 2.57. The Hall–Kier alpha value is -2.99. The first kappa shape index (κ1) is 25.1. The minimum Gasteiger partial charge on any atom is -0.444 e. The third kappa shape index (κ3) is 7.76. The van der Waals surface area contributed by atoms with E-state index < -0.39 is 17.5 Å². The smallest absolute Gasteiger partial charge is 0.412 e. The Kier molecular flexibility index (Phi) is 7.70. The summed E-state index contributed by atoms with van der Waals surface area (Å²) in [5.74, 6) is 0.337. The average molecular weight is 479 g/mol. The van der Waals surface area contributed by atoms with E-state index in [1.54, 1.807) is 20.8 Å². The molecular formula is C29H35FN2O3. The molecule has 5 nitrogen and oxygen atoms in total. The van der Waals surface area contributed by atoms with Crippen LogP contribution in [-0.2, 0) is 11.2 Å². The van der Waals surface area contributed by atoms with Crippen LogP contribution in [0.15, 0.2) is 48.0 Å². The zero-order chi connectivity index (χ0) is 25.0. The highest BCUT2D eigenvalue weighted by Crippen LogP contribution is 2.31. The molecule has 0 atom stereocenters. The Labute approximate surface area is 207 Å². The molecule has 1 saturated carbocycles. The fourth-order valence-electron chi connectivity index (χ4n) is 4.34. The van der Waals surface area contributed by atoms with Gasteiger partial charge in [0, 0.05) is 31.6 Å². The number of anilines is 1. The minimum absolute atomic E-state index is 0.0443. The zero-order valence-corrected chi connectivity index (χ0v) is 20.9. The first-order chi connectivity index (χ1) is 16.6. The second-order valence-corrected chi connectivity index (χ2v) is 10.7. The number of Topliss-reactive ketones (excluding diaryl/α,β-unsaturated/α-hetero) is 1. The molecule has 35 heavy (non-hydrogen) atoms. The molecule has 2 aliphatic rings. The van der Waals surface area contributed by atoms with Crippen molar-refractivity contribution in [3.05, 3.63) is 70.5 Å². The van der Waals surface area contributed by atoms with E-state index in [9.17, 15) is 14.0 Å². The maximum Gasteiger partial charge on any atom is 0.412 e. The van der Waals surface area contributed by atoms with Gasteiger partial charge in [-0.2, -0.15) is 0 Å². The van der Waals surface area contributed by atoms with E-state index in [4.69, 9.17) is 4.74 Å². The van der Waals surface area contributed by atoms with E-state index >= 15 is 0 Å². The standard InChI is InChI=1S/C29H35FN2O3/c1-29(2,3)35-28(34)31-26-18-25(30)11-10-24(26)17-27(33)23-8-6-20(7-9-23)16-21-12-14-32(15-13-21)19-22-4-5-22/h6-11,16,18,22H,4-5,12-15,17,19H2,1-3H3,(H,31,34). The Balaban J connectivity index is 1.36. The van der Waals surface area contributed by atoms with Gasteiger partial charge in [0.1, 0.15) is 11.4 Å². The van der Waals surface area contributed by atoms with Crippen molar-refractivity contribution in [1.29, 1.82) is 0 Å². The summed E-state index contributed by atoms with van der Waals surface area (Å²) in [6.07, 6.45) is 6.60. The Bertz CT molecular complexity index is 1090. The molecule has 0 aromatic heterocycles. The van der Waals surface area contributed by atoms with Crippen LogP contribution in [0.5, 0.6) is 0 Å². The lowest BCUT2D eigenvalue weighted by Gasteiger charge is -2.28. The zero-order valence-electron chi connectivity index (χ0n) is 20.9. The number of carbonyl (C=O) groups is 2. The fraction of sp³-hybridized carbons (Fsp3) is 0.448. The van der Waals surface area contributed by atoms with E-state index in [-0.39, 0.29) is 17.9 Å². The van der Waals surface area contributed by atoms with Crippen molar-refractivity contribution in [3.8, 4) is 0 Å². The van der Waals surface area contributed by atoms with Crippen LogP contribution in [0.2, 0.25) is 0 Å². The van der Waals surface area contributed by atoms with E-state index in [0.29, 0.717) is 11.1 Å². The van der Waals surface area contributed by atoms with E-state index in [0.717, 1.165) is 37.4 Å². The van der Waals surface area contributed by atoms with Gasteiger partial charge in [0.15, 0.2) is 5.78 Å². The number of hydrogen-bond acceptors (Lipinski definition) is 4. The Morgan fingerprint density at radius 3 is 2.40 bits per heavy atom. The molecule has 1 N–H and O–H groups in total. The van der Waals surface area contributed by atoms with Gasteiger partial charge in [0.05, 0.1) is 5.69 Å². The van der Waals surface area contributed by atoms with Crippen molar-refractivity contribution in [3.63, 3.8) is 0 Å². The van der Waals surface area contributed by atoms with Crippen molar-refractivity contribution in [2.45, 2.75) is 58.5 Å². The molecule has 2 aromatic carbocycles. The molecule has 1 amide bonds. The molecule has 0 radical (unpaired) electrons. The van der Waals surface area contributed by atoms with Gasteiger partial charge in [-0.1, -0.05) is 42.0 Å². The Morgan fingerprint density at radius 2 is 1.77 bits per heavy atom. The lowest BCUT2D eigenvalue weighted by Crippen LogP contribution is -2.32. The van der Waals surface area contributed by atoms with Crippen molar-refractivity contribution in [2.75, 3.05) is 25.0 Å². The molecule has 4 rings (SSSR count). The van der Waals surface area contributed by atoms with E-state index in [1.165, 1.54) is 43.2 Å². The van der Waals surface area contributed by atoms with E-state index in [1.807, 2.05) is 24.3 Å². The van der Waals surface area contributed by atoms with E-state index in [2.05, 4.69) is 16.3 Å². The number of amides is 1. The molecule has 2 aromatic rings. The molecule has 6 heteroatoms. The number of likely N-dealkylation sites (tertiary alicyclic amines) is 1. The number of halogens is 1. The SMILES string of the molecule is CC(C)(C)OC(=O)Nc1cc(F)ccc1CC(=O)c1ccc(C=C2CCN(CC3CC3)CC2)cc1. The number of hydrogen-bond donors (Lipinski definition) is 1. The topological polar surface area (TPSA) is 58.6 Å². The largest absolute Gasteiger partial charge is 0.444 e. The number of nitrogens with zero attached hydrogens (tertiary/aromatic N) is 1. The number of benzene rings is 2. The van der Waals surface area contributed by atoms with Gasteiger partial charge in [-0.25, -0.2) is 9.18 Å². The van der Waals surface area contributed by atoms with Crippen LogP contribution in [0, 0.1) is 11.7 Å². The third-order valence-electron chi connectivity index (χ3n) is 6.37. The van der Waals surface area contributed by atoms with Gasteiger partial charge < -0.3 is 9.64 Å². The fourth-order valence-corrected chi connectivity index (χ4v) is 4.34. The number of piperidine rings is 1.